The van der Waals surface area contributed by atoms with Crippen molar-refractivity contribution in [3.63, 3.8) is 0 Å². The number of hydrogen-bond donors (Lipinski definition) is 1. The predicted molar refractivity (Wildman–Crippen MR) is 74.3 cm³/mol. The van der Waals surface area contributed by atoms with Gasteiger partial charge >= 0.3 is 0 Å². The first kappa shape index (κ1) is 13.5. The van der Waals surface area contributed by atoms with Crippen LogP contribution >= 0.6 is 11.3 Å². The van der Waals surface area contributed by atoms with Gasteiger partial charge in [-0.1, -0.05) is 6.42 Å². The number of thiazole rings is 1. The van der Waals surface area contributed by atoms with Crippen molar-refractivity contribution in [2.75, 3.05) is 20.2 Å². The SMILES string of the molecule is COC(=N)CCc1csc(CN2CCCCC2)n1. The molecule has 1 aliphatic heterocycles. The van der Waals surface area contributed by atoms with Crippen LogP contribution in [0.5, 0.6) is 0 Å². The van der Waals surface area contributed by atoms with E-state index in [1.807, 2.05) is 0 Å². The third-order valence-corrected chi connectivity index (χ3v) is 4.14. The number of aryl methyl sites for hydroxylation is 1. The highest BCUT2D eigenvalue weighted by atomic mass is 32.1. The molecule has 0 radical (unpaired) electrons. The minimum Gasteiger partial charge on any atom is -0.484 e. The van der Waals surface area contributed by atoms with Crippen LogP contribution < -0.4 is 0 Å². The summed E-state index contributed by atoms with van der Waals surface area (Å²) in [5.41, 5.74) is 1.09. The van der Waals surface area contributed by atoms with Gasteiger partial charge in [0.2, 0.25) is 0 Å². The average Bonchev–Trinajstić information content (AvgIpc) is 2.85. The molecule has 100 valence electrons. The summed E-state index contributed by atoms with van der Waals surface area (Å²) < 4.78 is 4.85. The number of ether oxygens (including phenoxy) is 1. The smallest absolute Gasteiger partial charge is 0.180 e. The summed E-state index contributed by atoms with van der Waals surface area (Å²) in [6.07, 6.45) is 5.47. The normalized spacial score (nSPS) is 16.7. The quantitative estimate of drug-likeness (QED) is 0.659. The highest BCUT2D eigenvalue weighted by Gasteiger charge is 2.12. The van der Waals surface area contributed by atoms with Crippen LogP contribution in [0.1, 0.15) is 36.4 Å². The first-order chi connectivity index (χ1) is 8.78. The molecule has 1 saturated heterocycles. The highest BCUT2D eigenvalue weighted by Crippen LogP contribution is 2.17. The van der Waals surface area contributed by atoms with E-state index in [1.165, 1.54) is 37.4 Å². The van der Waals surface area contributed by atoms with Crippen LogP contribution in [-0.2, 0) is 17.7 Å². The van der Waals surface area contributed by atoms with Gasteiger partial charge in [-0.15, -0.1) is 11.3 Å². The van der Waals surface area contributed by atoms with Crippen LogP contribution in [0, 0.1) is 5.41 Å². The molecule has 1 N–H and O–H groups in total. The fourth-order valence-corrected chi connectivity index (χ4v) is 3.06. The molecule has 1 aromatic rings. The van der Waals surface area contributed by atoms with Crippen molar-refractivity contribution in [1.82, 2.24) is 9.88 Å². The maximum absolute atomic E-state index is 7.44. The Morgan fingerprint density at radius 2 is 2.22 bits per heavy atom. The monoisotopic (exact) mass is 267 g/mol. The van der Waals surface area contributed by atoms with Crippen molar-refractivity contribution in [2.45, 2.75) is 38.6 Å². The summed E-state index contributed by atoms with van der Waals surface area (Å²) in [4.78, 5) is 7.12. The number of likely N-dealkylation sites (tertiary alicyclic amines) is 1. The minimum absolute atomic E-state index is 0.334. The van der Waals surface area contributed by atoms with Crippen LogP contribution in [-0.4, -0.2) is 36.0 Å². The van der Waals surface area contributed by atoms with Crippen molar-refractivity contribution < 1.29 is 4.74 Å². The van der Waals surface area contributed by atoms with Gasteiger partial charge in [-0.2, -0.15) is 0 Å². The van der Waals surface area contributed by atoms with Crippen LogP contribution in [0.3, 0.4) is 0 Å². The second kappa shape index (κ2) is 6.85. The van der Waals surface area contributed by atoms with Crippen molar-refractivity contribution in [3.05, 3.63) is 16.1 Å². The lowest BCUT2D eigenvalue weighted by atomic mass is 10.1. The molecular weight excluding hydrogens is 246 g/mol. The summed E-state index contributed by atoms with van der Waals surface area (Å²) in [5, 5.41) is 10.8. The molecule has 5 heteroatoms. The molecule has 4 nitrogen and oxygen atoms in total. The summed E-state index contributed by atoms with van der Waals surface area (Å²) in [6.45, 7) is 3.42. The number of piperidine rings is 1. The summed E-state index contributed by atoms with van der Waals surface area (Å²) in [7, 11) is 1.55. The number of methoxy groups -OCH3 is 1. The molecular formula is C13H21N3OS. The maximum atomic E-state index is 7.44. The van der Waals surface area contributed by atoms with Gasteiger partial charge < -0.3 is 4.74 Å². The molecule has 1 fully saturated rings. The second-order valence-corrected chi connectivity index (χ2v) is 5.64. The van der Waals surface area contributed by atoms with Gasteiger partial charge in [-0.3, -0.25) is 10.3 Å². The van der Waals surface area contributed by atoms with Gasteiger partial charge in [-0.05, 0) is 32.4 Å². The summed E-state index contributed by atoms with van der Waals surface area (Å²) >= 11 is 1.74. The maximum Gasteiger partial charge on any atom is 0.180 e. The largest absolute Gasteiger partial charge is 0.484 e. The van der Waals surface area contributed by atoms with E-state index >= 15 is 0 Å². The van der Waals surface area contributed by atoms with Gasteiger partial charge in [0.1, 0.15) is 5.01 Å². The summed E-state index contributed by atoms with van der Waals surface area (Å²) in [6, 6.07) is 0. The van der Waals surface area contributed by atoms with E-state index in [0.29, 0.717) is 12.3 Å². The number of rotatable bonds is 5. The lowest BCUT2D eigenvalue weighted by Gasteiger charge is -2.25. The summed E-state index contributed by atoms with van der Waals surface area (Å²) in [5.74, 6) is 0.334. The Labute approximate surface area is 112 Å². The average molecular weight is 267 g/mol. The van der Waals surface area contributed by atoms with E-state index in [0.717, 1.165) is 18.7 Å². The number of nitrogens with zero attached hydrogens (tertiary/aromatic N) is 2. The first-order valence-corrected chi connectivity index (χ1v) is 7.43. The zero-order valence-corrected chi connectivity index (χ0v) is 11.8. The molecule has 2 heterocycles. The molecule has 0 saturated carbocycles. The Bertz CT molecular complexity index is 385. The third kappa shape index (κ3) is 4.07. The number of nitrogens with one attached hydrogen (secondary N) is 1. The first-order valence-electron chi connectivity index (χ1n) is 6.55. The van der Waals surface area contributed by atoms with Crippen LogP contribution in [0.4, 0.5) is 0 Å². The number of aromatic nitrogens is 1. The van der Waals surface area contributed by atoms with E-state index in [9.17, 15) is 0 Å². The lowest BCUT2D eigenvalue weighted by molar-refractivity contribution is 0.220. The van der Waals surface area contributed by atoms with Gasteiger partial charge in [0.05, 0.1) is 19.3 Å². The Balaban J connectivity index is 1.80. The van der Waals surface area contributed by atoms with Gasteiger partial charge in [-0.25, -0.2) is 4.98 Å². The Morgan fingerprint density at radius 1 is 1.44 bits per heavy atom. The minimum atomic E-state index is 0.334. The Kier molecular flexibility index (Phi) is 5.13. The van der Waals surface area contributed by atoms with E-state index in [4.69, 9.17) is 10.1 Å². The van der Waals surface area contributed by atoms with E-state index in [-0.39, 0.29) is 0 Å². The number of hydrogen-bond acceptors (Lipinski definition) is 5. The molecule has 0 unspecified atom stereocenters. The fraction of sp³-hybridized carbons (Fsp3) is 0.692. The fourth-order valence-electron chi connectivity index (χ4n) is 2.19. The molecule has 0 bridgehead atoms. The highest BCUT2D eigenvalue weighted by molar-refractivity contribution is 7.09. The standard InChI is InChI=1S/C13H21N3OS/c1-17-12(14)6-5-11-10-18-13(15-11)9-16-7-3-2-4-8-16/h10,14H,2-9H2,1H3. The van der Waals surface area contributed by atoms with Gasteiger partial charge in [0.25, 0.3) is 0 Å². The molecule has 2 rings (SSSR count). The van der Waals surface area contributed by atoms with Crippen molar-refractivity contribution in [1.29, 1.82) is 5.41 Å². The van der Waals surface area contributed by atoms with Gasteiger partial charge in [0, 0.05) is 11.8 Å². The molecule has 0 atom stereocenters. The van der Waals surface area contributed by atoms with Crippen molar-refractivity contribution >= 4 is 17.2 Å². The van der Waals surface area contributed by atoms with Crippen LogP contribution in [0.25, 0.3) is 0 Å². The molecule has 1 aromatic heterocycles. The van der Waals surface area contributed by atoms with E-state index < -0.39 is 0 Å². The zero-order chi connectivity index (χ0) is 12.8. The second-order valence-electron chi connectivity index (χ2n) is 4.70. The molecule has 0 aromatic carbocycles. The molecule has 0 amide bonds. The van der Waals surface area contributed by atoms with Crippen LogP contribution in [0.2, 0.25) is 0 Å². The Hall–Kier alpha value is -0.940. The van der Waals surface area contributed by atoms with Crippen molar-refractivity contribution in [3.8, 4) is 0 Å². The van der Waals surface area contributed by atoms with E-state index in [1.54, 1.807) is 18.4 Å². The van der Waals surface area contributed by atoms with Crippen molar-refractivity contribution in [2.24, 2.45) is 0 Å². The molecule has 1 aliphatic rings. The predicted octanol–water partition coefficient (Wildman–Crippen LogP) is 2.69. The Morgan fingerprint density at radius 3 is 2.94 bits per heavy atom. The molecule has 18 heavy (non-hydrogen) atoms. The lowest BCUT2D eigenvalue weighted by Crippen LogP contribution is -2.29. The molecule has 0 spiro atoms. The van der Waals surface area contributed by atoms with E-state index in [2.05, 4.69) is 15.3 Å². The van der Waals surface area contributed by atoms with Gasteiger partial charge in [0.15, 0.2) is 5.90 Å². The molecule has 0 aliphatic carbocycles. The topological polar surface area (TPSA) is 49.2 Å². The van der Waals surface area contributed by atoms with Crippen LogP contribution in [0.15, 0.2) is 5.38 Å². The third-order valence-electron chi connectivity index (χ3n) is 3.26. The zero-order valence-electron chi connectivity index (χ0n) is 10.9.